The van der Waals surface area contributed by atoms with E-state index in [1.54, 1.807) is 12.3 Å². The maximum atomic E-state index is 11.5. The van der Waals surface area contributed by atoms with Crippen LogP contribution in [-0.4, -0.2) is 4.98 Å². The average Bonchev–Trinajstić information content (AvgIpc) is 2.44. The van der Waals surface area contributed by atoms with E-state index >= 15 is 0 Å². The highest BCUT2D eigenvalue weighted by Gasteiger charge is 2.07. The van der Waals surface area contributed by atoms with Crippen molar-refractivity contribution in [1.82, 2.24) is 4.98 Å². The number of fused-ring (bicyclic) bond motifs is 3. The van der Waals surface area contributed by atoms with E-state index in [-0.39, 0.29) is 5.56 Å². The number of halogens is 1. The molecule has 3 rings (SSSR count). The smallest absolute Gasteiger partial charge is 0.248 e. The number of nitrogens with one attached hydrogen (secondary N) is 1. The minimum atomic E-state index is -0.113. The van der Waals surface area contributed by atoms with Crippen molar-refractivity contribution < 1.29 is 0 Å². The van der Waals surface area contributed by atoms with Gasteiger partial charge in [-0.15, -0.1) is 0 Å². The van der Waals surface area contributed by atoms with Crippen LogP contribution in [0.15, 0.2) is 45.8 Å². The zero-order chi connectivity index (χ0) is 14.1. The molecule has 1 heterocycles. The molecule has 0 unspecified atom stereocenters. The summed E-state index contributed by atoms with van der Waals surface area (Å²) in [7, 11) is 0. The predicted octanol–water partition coefficient (Wildman–Crippen LogP) is 3.90. The van der Waals surface area contributed by atoms with Gasteiger partial charge in [0, 0.05) is 28.5 Å². The first-order valence-electron chi connectivity index (χ1n) is 6.29. The highest BCUT2D eigenvalue weighted by Crippen LogP contribution is 2.30. The Labute approximate surface area is 124 Å². The Morgan fingerprint density at radius 2 is 2.00 bits per heavy atom. The van der Waals surface area contributed by atoms with Crippen LogP contribution < -0.4 is 5.56 Å². The van der Waals surface area contributed by atoms with Crippen molar-refractivity contribution in [3.05, 3.63) is 56.9 Å². The fourth-order valence-corrected chi connectivity index (χ4v) is 2.88. The first-order chi connectivity index (χ1) is 9.69. The third-order valence-corrected chi connectivity index (χ3v) is 3.90. The van der Waals surface area contributed by atoms with Gasteiger partial charge in [0.1, 0.15) is 0 Å². The molecule has 0 fully saturated rings. The van der Waals surface area contributed by atoms with Crippen LogP contribution in [-0.2, 0) is 6.42 Å². The molecule has 0 radical (unpaired) electrons. The van der Waals surface area contributed by atoms with Crippen molar-refractivity contribution >= 4 is 37.5 Å². The molecule has 3 nitrogen and oxygen atoms in total. The van der Waals surface area contributed by atoms with Gasteiger partial charge in [-0.1, -0.05) is 28.1 Å². The van der Waals surface area contributed by atoms with Crippen LogP contribution in [0.4, 0.5) is 0 Å². The largest absolute Gasteiger partial charge is 0.328 e. The molecular formula is C16H11BrN2O. The lowest BCUT2D eigenvalue weighted by molar-refractivity contribution is 1.02. The predicted molar refractivity (Wildman–Crippen MR) is 83.7 cm³/mol. The van der Waals surface area contributed by atoms with Gasteiger partial charge in [0.05, 0.1) is 6.07 Å². The number of hydrogen-bond donors (Lipinski definition) is 1. The van der Waals surface area contributed by atoms with Gasteiger partial charge in [0.2, 0.25) is 5.56 Å². The maximum absolute atomic E-state index is 11.5. The molecule has 0 spiro atoms. The average molecular weight is 327 g/mol. The molecule has 3 aromatic rings. The molecule has 0 aliphatic carbocycles. The third kappa shape index (κ3) is 2.21. The summed E-state index contributed by atoms with van der Waals surface area (Å²) >= 11 is 3.49. The maximum Gasteiger partial charge on any atom is 0.248 e. The Morgan fingerprint density at radius 3 is 2.80 bits per heavy atom. The minimum Gasteiger partial charge on any atom is -0.328 e. The molecule has 0 aliphatic heterocycles. The van der Waals surface area contributed by atoms with Gasteiger partial charge in [-0.25, -0.2) is 0 Å². The number of nitriles is 1. The Hall–Kier alpha value is -2.12. The summed E-state index contributed by atoms with van der Waals surface area (Å²) in [6.07, 6.45) is 2.91. The number of aromatic nitrogens is 1. The lowest BCUT2D eigenvalue weighted by atomic mass is 9.96. The highest BCUT2D eigenvalue weighted by atomic mass is 79.9. The van der Waals surface area contributed by atoms with E-state index in [1.807, 2.05) is 18.2 Å². The van der Waals surface area contributed by atoms with Crippen molar-refractivity contribution in [2.45, 2.75) is 12.8 Å². The van der Waals surface area contributed by atoms with Gasteiger partial charge in [-0.2, -0.15) is 5.26 Å². The molecule has 0 saturated carbocycles. The number of H-pyrrole nitrogens is 1. The standard InChI is InChI=1S/C16H11BrN2O/c17-12-3-4-13-10(2-1-5-18)6-11-7-16(20)19-9-15(11)14(13)8-12/h3-4,6-9H,1-2H2,(H,19,20). The van der Waals surface area contributed by atoms with Crippen LogP contribution >= 0.6 is 15.9 Å². The Balaban J connectivity index is 2.42. The summed E-state index contributed by atoms with van der Waals surface area (Å²) in [5.74, 6) is 0. The normalized spacial score (nSPS) is 10.8. The van der Waals surface area contributed by atoms with Gasteiger partial charge in [0.25, 0.3) is 0 Å². The van der Waals surface area contributed by atoms with E-state index in [2.05, 4.69) is 33.0 Å². The van der Waals surface area contributed by atoms with Crippen molar-refractivity contribution in [2.75, 3.05) is 0 Å². The van der Waals surface area contributed by atoms with Crippen molar-refractivity contribution in [1.29, 1.82) is 5.26 Å². The SMILES string of the molecule is N#CCCc1cc2cc(=O)[nH]cc2c2cc(Br)ccc12. The Kier molecular flexibility index (Phi) is 3.29. The number of rotatable bonds is 2. The number of nitrogens with zero attached hydrogens (tertiary/aromatic N) is 1. The lowest BCUT2D eigenvalue weighted by Crippen LogP contribution is -2.02. The number of benzene rings is 2. The topological polar surface area (TPSA) is 56.6 Å². The number of pyridine rings is 1. The van der Waals surface area contributed by atoms with Crippen LogP contribution in [0.5, 0.6) is 0 Å². The molecule has 1 N–H and O–H groups in total. The number of aryl methyl sites for hydroxylation is 1. The molecule has 20 heavy (non-hydrogen) atoms. The molecule has 0 amide bonds. The number of aromatic amines is 1. The van der Waals surface area contributed by atoms with E-state index in [0.717, 1.165) is 31.6 Å². The molecule has 98 valence electrons. The summed E-state index contributed by atoms with van der Waals surface area (Å²) in [6, 6.07) is 11.9. The van der Waals surface area contributed by atoms with E-state index < -0.39 is 0 Å². The Bertz CT molecular complexity index is 906. The van der Waals surface area contributed by atoms with Crippen LogP contribution in [0, 0.1) is 11.3 Å². The monoisotopic (exact) mass is 326 g/mol. The lowest BCUT2D eigenvalue weighted by Gasteiger charge is -2.09. The van der Waals surface area contributed by atoms with Crippen molar-refractivity contribution in [3.8, 4) is 6.07 Å². The molecule has 0 aliphatic rings. The highest BCUT2D eigenvalue weighted by molar-refractivity contribution is 9.10. The zero-order valence-corrected chi connectivity index (χ0v) is 12.2. The second kappa shape index (κ2) is 5.10. The summed E-state index contributed by atoms with van der Waals surface area (Å²) in [5, 5.41) is 12.9. The summed E-state index contributed by atoms with van der Waals surface area (Å²) in [4.78, 5) is 14.2. The molecule has 0 atom stereocenters. The van der Waals surface area contributed by atoms with Gasteiger partial charge in [0.15, 0.2) is 0 Å². The third-order valence-electron chi connectivity index (χ3n) is 3.41. The molecule has 0 saturated heterocycles. The van der Waals surface area contributed by atoms with E-state index in [1.165, 1.54) is 0 Å². The van der Waals surface area contributed by atoms with Crippen LogP contribution in [0.1, 0.15) is 12.0 Å². The van der Waals surface area contributed by atoms with Gasteiger partial charge < -0.3 is 4.98 Å². The van der Waals surface area contributed by atoms with Crippen LogP contribution in [0.2, 0.25) is 0 Å². The van der Waals surface area contributed by atoms with Crippen LogP contribution in [0.3, 0.4) is 0 Å². The fourth-order valence-electron chi connectivity index (χ4n) is 2.52. The first kappa shape index (κ1) is 12.9. The van der Waals surface area contributed by atoms with E-state index in [4.69, 9.17) is 5.26 Å². The second-order valence-electron chi connectivity index (χ2n) is 4.68. The Morgan fingerprint density at radius 1 is 1.15 bits per heavy atom. The molecule has 1 aromatic heterocycles. The molecule has 0 bridgehead atoms. The van der Waals surface area contributed by atoms with Gasteiger partial charge in [-0.05, 0) is 40.3 Å². The molecule has 2 aromatic carbocycles. The van der Waals surface area contributed by atoms with Crippen molar-refractivity contribution in [3.63, 3.8) is 0 Å². The zero-order valence-electron chi connectivity index (χ0n) is 10.6. The second-order valence-corrected chi connectivity index (χ2v) is 5.60. The fraction of sp³-hybridized carbons (Fsp3) is 0.125. The van der Waals surface area contributed by atoms with Crippen LogP contribution in [0.25, 0.3) is 21.5 Å². The molecular weight excluding hydrogens is 316 g/mol. The molecule has 4 heteroatoms. The summed E-state index contributed by atoms with van der Waals surface area (Å²) in [5.41, 5.74) is 0.991. The summed E-state index contributed by atoms with van der Waals surface area (Å²) < 4.78 is 0.995. The minimum absolute atomic E-state index is 0.113. The van der Waals surface area contributed by atoms with E-state index in [9.17, 15) is 4.79 Å². The first-order valence-corrected chi connectivity index (χ1v) is 7.09. The van der Waals surface area contributed by atoms with Gasteiger partial charge >= 0.3 is 0 Å². The van der Waals surface area contributed by atoms with Gasteiger partial charge in [-0.3, -0.25) is 4.79 Å². The van der Waals surface area contributed by atoms with Crippen molar-refractivity contribution in [2.24, 2.45) is 0 Å². The summed E-state index contributed by atoms with van der Waals surface area (Å²) in [6.45, 7) is 0. The number of hydrogen-bond acceptors (Lipinski definition) is 2. The quantitative estimate of drug-likeness (QED) is 0.726. The van der Waals surface area contributed by atoms with E-state index in [0.29, 0.717) is 12.8 Å².